The van der Waals surface area contributed by atoms with Crippen molar-refractivity contribution in [3.05, 3.63) is 53.9 Å². The Morgan fingerprint density at radius 1 is 1.07 bits per heavy atom. The van der Waals surface area contributed by atoms with Gasteiger partial charge in [0.1, 0.15) is 11.5 Å². The third-order valence-electron chi connectivity index (χ3n) is 5.44. The van der Waals surface area contributed by atoms with Gasteiger partial charge < -0.3 is 9.47 Å². The van der Waals surface area contributed by atoms with Crippen LogP contribution in [-0.2, 0) is 13.1 Å². The maximum Gasteiger partial charge on any atom is 0.127 e. The standard InChI is InChI=1S/C22H31N3O2/c1-4-25-14-6-7-19(25)16-24(15-18-10-12-23-13-11-18)17-20-21(26-2)8-5-9-22(20)27-3/h5,8-13,19H,4,6-7,14-17H2,1-3H3/t19-/m1/s1. The topological polar surface area (TPSA) is 37.8 Å². The number of pyridine rings is 1. The second-order valence-electron chi connectivity index (χ2n) is 7.09. The van der Waals surface area contributed by atoms with Gasteiger partial charge in [-0.2, -0.15) is 0 Å². The molecule has 27 heavy (non-hydrogen) atoms. The molecule has 1 atom stereocenters. The highest BCUT2D eigenvalue weighted by Crippen LogP contribution is 2.30. The Morgan fingerprint density at radius 3 is 2.41 bits per heavy atom. The monoisotopic (exact) mass is 369 g/mol. The van der Waals surface area contributed by atoms with Crippen molar-refractivity contribution in [2.24, 2.45) is 0 Å². The normalized spacial score (nSPS) is 17.4. The highest BCUT2D eigenvalue weighted by atomic mass is 16.5. The average Bonchev–Trinajstić information content (AvgIpc) is 3.16. The van der Waals surface area contributed by atoms with E-state index in [1.54, 1.807) is 14.2 Å². The first-order chi connectivity index (χ1) is 13.2. The zero-order chi connectivity index (χ0) is 19.1. The summed E-state index contributed by atoms with van der Waals surface area (Å²) in [7, 11) is 3.45. The summed E-state index contributed by atoms with van der Waals surface area (Å²) < 4.78 is 11.2. The highest BCUT2D eigenvalue weighted by molar-refractivity contribution is 5.44. The van der Waals surface area contributed by atoms with Crippen LogP contribution in [0.2, 0.25) is 0 Å². The van der Waals surface area contributed by atoms with Crippen LogP contribution in [0, 0.1) is 0 Å². The van der Waals surface area contributed by atoms with Crippen LogP contribution >= 0.6 is 0 Å². The third kappa shape index (κ3) is 4.99. The van der Waals surface area contributed by atoms with Crippen LogP contribution in [0.4, 0.5) is 0 Å². The number of nitrogens with zero attached hydrogens (tertiary/aromatic N) is 3. The lowest BCUT2D eigenvalue weighted by molar-refractivity contribution is 0.163. The van der Waals surface area contributed by atoms with Gasteiger partial charge in [-0.3, -0.25) is 14.8 Å². The fourth-order valence-corrected chi connectivity index (χ4v) is 4.06. The Bertz CT molecular complexity index is 686. The summed E-state index contributed by atoms with van der Waals surface area (Å²) in [5, 5.41) is 0. The Kier molecular flexibility index (Phi) is 7.07. The first-order valence-electron chi connectivity index (χ1n) is 9.80. The van der Waals surface area contributed by atoms with Gasteiger partial charge >= 0.3 is 0 Å². The van der Waals surface area contributed by atoms with Crippen molar-refractivity contribution in [3.63, 3.8) is 0 Å². The van der Waals surface area contributed by atoms with E-state index in [2.05, 4.69) is 33.8 Å². The molecule has 0 N–H and O–H groups in total. The molecule has 3 rings (SSSR count). The summed E-state index contributed by atoms with van der Waals surface area (Å²) in [4.78, 5) is 9.26. The molecule has 1 aliphatic heterocycles. The molecule has 2 heterocycles. The smallest absolute Gasteiger partial charge is 0.127 e. The summed E-state index contributed by atoms with van der Waals surface area (Å²) in [6, 6.07) is 10.8. The second-order valence-corrected chi connectivity index (χ2v) is 7.09. The maximum absolute atomic E-state index is 5.62. The van der Waals surface area contributed by atoms with Gasteiger partial charge in [0.05, 0.1) is 19.8 Å². The van der Waals surface area contributed by atoms with Crippen LogP contribution in [0.15, 0.2) is 42.7 Å². The van der Waals surface area contributed by atoms with E-state index in [0.717, 1.165) is 43.2 Å². The largest absolute Gasteiger partial charge is 0.496 e. The lowest BCUT2D eigenvalue weighted by atomic mass is 10.1. The van der Waals surface area contributed by atoms with Crippen molar-refractivity contribution in [1.82, 2.24) is 14.8 Å². The molecule has 1 aliphatic rings. The van der Waals surface area contributed by atoms with Crippen LogP contribution in [0.1, 0.15) is 30.9 Å². The minimum Gasteiger partial charge on any atom is -0.496 e. The lowest BCUT2D eigenvalue weighted by Gasteiger charge is -2.31. The van der Waals surface area contributed by atoms with E-state index in [1.807, 2.05) is 30.6 Å². The van der Waals surface area contributed by atoms with Crippen molar-refractivity contribution in [2.45, 2.75) is 38.9 Å². The van der Waals surface area contributed by atoms with Gasteiger partial charge in [-0.05, 0) is 55.8 Å². The Hall–Kier alpha value is -2.11. The molecule has 0 unspecified atom stereocenters. The molecule has 0 bridgehead atoms. The van der Waals surface area contributed by atoms with Gasteiger partial charge in [-0.15, -0.1) is 0 Å². The van der Waals surface area contributed by atoms with Gasteiger partial charge in [0.15, 0.2) is 0 Å². The molecule has 0 radical (unpaired) electrons. The number of likely N-dealkylation sites (N-methyl/N-ethyl adjacent to an activating group) is 1. The van der Waals surface area contributed by atoms with Crippen molar-refractivity contribution < 1.29 is 9.47 Å². The van der Waals surface area contributed by atoms with Gasteiger partial charge in [0.2, 0.25) is 0 Å². The summed E-state index contributed by atoms with van der Waals surface area (Å²) in [6.45, 7) is 7.31. The summed E-state index contributed by atoms with van der Waals surface area (Å²) in [6.07, 6.45) is 6.29. The fraction of sp³-hybridized carbons (Fsp3) is 0.500. The molecule has 0 aliphatic carbocycles. The van der Waals surface area contributed by atoms with Crippen LogP contribution in [-0.4, -0.2) is 54.7 Å². The Balaban J connectivity index is 1.83. The minimum atomic E-state index is 0.609. The van der Waals surface area contributed by atoms with Crippen LogP contribution < -0.4 is 9.47 Å². The van der Waals surface area contributed by atoms with E-state index in [-0.39, 0.29) is 0 Å². The average molecular weight is 370 g/mol. The predicted octanol–water partition coefficient (Wildman–Crippen LogP) is 3.59. The van der Waals surface area contributed by atoms with Crippen molar-refractivity contribution in [3.8, 4) is 11.5 Å². The first-order valence-corrected chi connectivity index (χ1v) is 9.80. The highest BCUT2D eigenvalue weighted by Gasteiger charge is 2.26. The SMILES string of the molecule is CCN1CCC[C@@H]1CN(Cc1ccncc1)Cc1c(OC)cccc1OC. The summed E-state index contributed by atoms with van der Waals surface area (Å²) in [5.41, 5.74) is 2.39. The van der Waals surface area contributed by atoms with Crippen LogP contribution in [0.3, 0.4) is 0 Å². The molecule has 1 aromatic carbocycles. The summed E-state index contributed by atoms with van der Waals surface area (Å²) >= 11 is 0. The molecule has 0 amide bonds. The quantitative estimate of drug-likeness (QED) is 0.675. The maximum atomic E-state index is 5.62. The van der Waals surface area contributed by atoms with Crippen molar-refractivity contribution in [2.75, 3.05) is 33.9 Å². The number of rotatable bonds is 9. The van der Waals surface area contributed by atoms with E-state index in [0.29, 0.717) is 6.04 Å². The molecular formula is C22H31N3O2. The molecule has 5 nitrogen and oxygen atoms in total. The minimum absolute atomic E-state index is 0.609. The number of hydrogen-bond acceptors (Lipinski definition) is 5. The van der Waals surface area contributed by atoms with E-state index < -0.39 is 0 Å². The van der Waals surface area contributed by atoms with Gasteiger partial charge in [0, 0.05) is 38.1 Å². The molecule has 146 valence electrons. The van der Waals surface area contributed by atoms with E-state index >= 15 is 0 Å². The molecule has 5 heteroatoms. The zero-order valence-electron chi connectivity index (χ0n) is 16.7. The fourth-order valence-electron chi connectivity index (χ4n) is 4.06. The van der Waals surface area contributed by atoms with Crippen LogP contribution in [0.5, 0.6) is 11.5 Å². The molecule has 0 saturated carbocycles. The second kappa shape index (κ2) is 9.72. The molecule has 1 aromatic heterocycles. The molecule has 2 aromatic rings. The van der Waals surface area contributed by atoms with Crippen molar-refractivity contribution in [1.29, 1.82) is 0 Å². The van der Waals surface area contributed by atoms with Gasteiger partial charge in [-0.1, -0.05) is 13.0 Å². The van der Waals surface area contributed by atoms with Gasteiger partial charge in [-0.25, -0.2) is 0 Å². The molecular weight excluding hydrogens is 338 g/mol. The Morgan fingerprint density at radius 2 is 1.78 bits per heavy atom. The van der Waals surface area contributed by atoms with E-state index in [1.165, 1.54) is 24.9 Å². The predicted molar refractivity (Wildman–Crippen MR) is 108 cm³/mol. The number of methoxy groups -OCH3 is 2. The molecule has 0 spiro atoms. The van der Waals surface area contributed by atoms with E-state index in [4.69, 9.17) is 9.47 Å². The van der Waals surface area contributed by atoms with Crippen LogP contribution in [0.25, 0.3) is 0 Å². The lowest BCUT2D eigenvalue weighted by Crippen LogP contribution is -2.39. The number of benzene rings is 1. The summed E-state index contributed by atoms with van der Waals surface area (Å²) in [5.74, 6) is 1.76. The molecule has 1 fully saturated rings. The molecule has 1 saturated heterocycles. The number of ether oxygens (including phenoxy) is 2. The van der Waals surface area contributed by atoms with Gasteiger partial charge in [0.25, 0.3) is 0 Å². The zero-order valence-corrected chi connectivity index (χ0v) is 16.7. The van der Waals surface area contributed by atoms with E-state index in [9.17, 15) is 0 Å². The number of aromatic nitrogens is 1. The first kappa shape index (κ1) is 19.6. The van der Waals surface area contributed by atoms with Crippen molar-refractivity contribution >= 4 is 0 Å². The third-order valence-corrected chi connectivity index (χ3v) is 5.44. The number of hydrogen-bond donors (Lipinski definition) is 0. The Labute approximate surface area is 162 Å². The number of likely N-dealkylation sites (tertiary alicyclic amines) is 1.